The smallest absolute Gasteiger partial charge is 0.00185 e. The summed E-state index contributed by atoms with van der Waals surface area (Å²) in [6.07, 6.45) is 7.67. The molecule has 4 aliphatic carbocycles. The number of rotatable bonds is 4. The third-order valence-corrected chi connectivity index (χ3v) is 5.75. The SMILES string of the molecule is CN(C)CC(CN)C1C2CC3CC(C2)CC1C3. The minimum Gasteiger partial charge on any atom is -0.330 e. The van der Waals surface area contributed by atoms with Crippen LogP contribution in [0.4, 0.5) is 0 Å². The van der Waals surface area contributed by atoms with E-state index in [2.05, 4.69) is 19.0 Å². The highest BCUT2D eigenvalue weighted by molar-refractivity contribution is 5.00. The summed E-state index contributed by atoms with van der Waals surface area (Å²) < 4.78 is 0. The van der Waals surface area contributed by atoms with E-state index in [1.807, 2.05) is 0 Å². The van der Waals surface area contributed by atoms with Crippen LogP contribution in [0.5, 0.6) is 0 Å². The second-order valence-electron chi connectivity index (χ2n) is 7.27. The Morgan fingerprint density at radius 3 is 1.94 bits per heavy atom. The van der Waals surface area contributed by atoms with Crippen LogP contribution in [0, 0.1) is 35.5 Å². The quantitative estimate of drug-likeness (QED) is 0.811. The Balaban J connectivity index is 1.74. The highest BCUT2D eigenvalue weighted by Gasteiger charge is 2.50. The van der Waals surface area contributed by atoms with E-state index in [1.54, 1.807) is 6.42 Å². The van der Waals surface area contributed by atoms with E-state index in [0.717, 1.165) is 42.1 Å². The second kappa shape index (κ2) is 4.55. The first-order chi connectivity index (χ1) is 8.17. The van der Waals surface area contributed by atoms with Gasteiger partial charge in [0, 0.05) is 6.54 Å². The Labute approximate surface area is 106 Å². The van der Waals surface area contributed by atoms with Gasteiger partial charge in [-0.3, -0.25) is 0 Å². The molecule has 1 unspecified atom stereocenters. The molecule has 0 heterocycles. The molecule has 98 valence electrons. The fourth-order valence-electron chi connectivity index (χ4n) is 5.56. The fourth-order valence-corrected chi connectivity index (χ4v) is 5.56. The van der Waals surface area contributed by atoms with Crippen molar-refractivity contribution in [3.05, 3.63) is 0 Å². The largest absolute Gasteiger partial charge is 0.330 e. The van der Waals surface area contributed by atoms with E-state index >= 15 is 0 Å². The van der Waals surface area contributed by atoms with Crippen LogP contribution in [0.15, 0.2) is 0 Å². The van der Waals surface area contributed by atoms with E-state index in [1.165, 1.54) is 32.2 Å². The minimum absolute atomic E-state index is 0.750. The molecule has 0 aliphatic heterocycles. The molecule has 1 atom stereocenters. The second-order valence-corrected chi connectivity index (χ2v) is 7.27. The van der Waals surface area contributed by atoms with Crippen molar-refractivity contribution in [2.45, 2.75) is 32.1 Å². The van der Waals surface area contributed by atoms with Crippen LogP contribution in [-0.2, 0) is 0 Å². The molecule has 4 rings (SSSR count). The molecule has 0 aromatic rings. The lowest BCUT2D eigenvalue weighted by Crippen LogP contribution is -2.50. The molecule has 0 aromatic carbocycles. The van der Waals surface area contributed by atoms with Gasteiger partial charge in [-0.05, 0) is 88.3 Å². The first kappa shape index (κ1) is 12.0. The van der Waals surface area contributed by atoms with Gasteiger partial charge in [0.25, 0.3) is 0 Å². The van der Waals surface area contributed by atoms with Crippen molar-refractivity contribution in [2.75, 3.05) is 27.2 Å². The summed E-state index contributed by atoms with van der Waals surface area (Å²) in [5.41, 5.74) is 6.07. The maximum atomic E-state index is 6.07. The molecule has 4 saturated carbocycles. The van der Waals surface area contributed by atoms with Gasteiger partial charge in [0.05, 0.1) is 0 Å². The molecule has 0 radical (unpaired) electrons. The lowest BCUT2D eigenvalue weighted by molar-refractivity contribution is -0.0633. The van der Waals surface area contributed by atoms with Gasteiger partial charge in [-0.1, -0.05) is 0 Å². The van der Waals surface area contributed by atoms with Gasteiger partial charge in [-0.2, -0.15) is 0 Å². The summed E-state index contributed by atoms with van der Waals surface area (Å²) in [6, 6.07) is 0. The summed E-state index contributed by atoms with van der Waals surface area (Å²) in [4.78, 5) is 2.34. The average Bonchev–Trinajstić information content (AvgIpc) is 2.25. The molecule has 0 amide bonds. The first-order valence-corrected chi connectivity index (χ1v) is 7.52. The molecule has 4 bridgehead atoms. The van der Waals surface area contributed by atoms with Crippen molar-refractivity contribution in [3.8, 4) is 0 Å². The van der Waals surface area contributed by atoms with E-state index in [4.69, 9.17) is 5.73 Å². The Morgan fingerprint density at radius 1 is 1.00 bits per heavy atom. The first-order valence-electron chi connectivity index (χ1n) is 7.52. The van der Waals surface area contributed by atoms with Gasteiger partial charge < -0.3 is 10.6 Å². The topological polar surface area (TPSA) is 29.3 Å². The van der Waals surface area contributed by atoms with E-state index in [-0.39, 0.29) is 0 Å². The average molecular weight is 236 g/mol. The minimum atomic E-state index is 0.750. The van der Waals surface area contributed by atoms with Crippen molar-refractivity contribution in [3.63, 3.8) is 0 Å². The Bertz CT molecular complexity index is 246. The third kappa shape index (κ3) is 2.15. The summed E-state index contributed by atoms with van der Waals surface area (Å²) in [6.45, 7) is 2.09. The lowest BCUT2D eigenvalue weighted by Gasteiger charge is -2.56. The number of nitrogens with zero attached hydrogens (tertiary/aromatic N) is 1. The Hall–Kier alpha value is -0.0800. The van der Waals surface area contributed by atoms with Crippen LogP contribution in [0.2, 0.25) is 0 Å². The van der Waals surface area contributed by atoms with Crippen LogP contribution in [0.1, 0.15) is 32.1 Å². The summed E-state index contributed by atoms with van der Waals surface area (Å²) in [7, 11) is 4.39. The van der Waals surface area contributed by atoms with Gasteiger partial charge in [-0.25, -0.2) is 0 Å². The van der Waals surface area contributed by atoms with Crippen LogP contribution < -0.4 is 5.73 Å². The maximum Gasteiger partial charge on any atom is 0.00185 e. The van der Waals surface area contributed by atoms with E-state index < -0.39 is 0 Å². The van der Waals surface area contributed by atoms with E-state index in [9.17, 15) is 0 Å². The molecule has 0 saturated heterocycles. The van der Waals surface area contributed by atoms with Gasteiger partial charge >= 0.3 is 0 Å². The fraction of sp³-hybridized carbons (Fsp3) is 1.00. The molecular weight excluding hydrogens is 208 g/mol. The van der Waals surface area contributed by atoms with Gasteiger partial charge in [0.2, 0.25) is 0 Å². The summed E-state index contributed by atoms with van der Waals surface area (Å²) in [5, 5.41) is 0. The van der Waals surface area contributed by atoms with Crippen LogP contribution >= 0.6 is 0 Å². The zero-order valence-electron chi connectivity index (χ0n) is 11.4. The molecule has 17 heavy (non-hydrogen) atoms. The predicted molar refractivity (Wildman–Crippen MR) is 71.6 cm³/mol. The molecule has 2 nitrogen and oxygen atoms in total. The molecule has 4 aliphatic rings. The standard InChI is InChI=1S/C15H28N2/c1-17(2)9-14(8-16)15-12-4-10-3-11(6-12)7-13(15)5-10/h10-15H,3-9,16H2,1-2H3. The van der Waals surface area contributed by atoms with E-state index in [0.29, 0.717) is 0 Å². The highest BCUT2D eigenvalue weighted by Crippen LogP contribution is 2.58. The number of hydrogen-bond donors (Lipinski definition) is 1. The monoisotopic (exact) mass is 236 g/mol. The van der Waals surface area contributed by atoms with Crippen molar-refractivity contribution in [2.24, 2.45) is 41.2 Å². The molecular formula is C15H28N2. The van der Waals surface area contributed by atoms with Crippen molar-refractivity contribution < 1.29 is 0 Å². The lowest BCUT2D eigenvalue weighted by atomic mass is 9.49. The van der Waals surface area contributed by atoms with Crippen molar-refractivity contribution >= 4 is 0 Å². The zero-order chi connectivity index (χ0) is 12.0. The molecule has 2 heteroatoms. The van der Waals surface area contributed by atoms with Crippen molar-refractivity contribution in [1.82, 2.24) is 4.90 Å². The summed E-state index contributed by atoms with van der Waals surface area (Å²) >= 11 is 0. The van der Waals surface area contributed by atoms with Crippen LogP contribution in [0.3, 0.4) is 0 Å². The van der Waals surface area contributed by atoms with Gasteiger partial charge in [0.15, 0.2) is 0 Å². The third-order valence-electron chi connectivity index (χ3n) is 5.75. The zero-order valence-corrected chi connectivity index (χ0v) is 11.4. The summed E-state index contributed by atoms with van der Waals surface area (Å²) in [5.74, 6) is 5.94. The van der Waals surface area contributed by atoms with Crippen LogP contribution in [0.25, 0.3) is 0 Å². The molecule has 0 spiro atoms. The molecule has 0 aromatic heterocycles. The highest BCUT2D eigenvalue weighted by atomic mass is 15.1. The predicted octanol–water partition coefficient (Wildman–Crippen LogP) is 2.20. The number of nitrogens with two attached hydrogens (primary N) is 1. The van der Waals surface area contributed by atoms with Gasteiger partial charge in [0.1, 0.15) is 0 Å². The number of hydrogen-bond acceptors (Lipinski definition) is 2. The normalized spacial score (nSPS) is 45.5. The van der Waals surface area contributed by atoms with Crippen LogP contribution in [-0.4, -0.2) is 32.1 Å². The Morgan fingerprint density at radius 2 is 1.53 bits per heavy atom. The van der Waals surface area contributed by atoms with Gasteiger partial charge in [-0.15, -0.1) is 0 Å². The molecule has 4 fully saturated rings. The van der Waals surface area contributed by atoms with Crippen molar-refractivity contribution in [1.29, 1.82) is 0 Å². The maximum absolute atomic E-state index is 6.07. The Kier molecular flexibility index (Phi) is 3.20. The molecule has 2 N–H and O–H groups in total.